The summed E-state index contributed by atoms with van der Waals surface area (Å²) in [5, 5.41) is 3.35. The number of rotatable bonds is 4. The number of hydrogen-bond acceptors (Lipinski definition) is 4. The predicted molar refractivity (Wildman–Crippen MR) is 101 cm³/mol. The first-order valence-electron chi connectivity index (χ1n) is 9.27. The minimum atomic E-state index is -0.331. The first-order chi connectivity index (χ1) is 12.3. The Bertz CT molecular complexity index is 787. The Balaban J connectivity index is 2.06. The van der Waals surface area contributed by atoms with E-state index >= 15 is 0 Å². The van der Waals surface area contributed by atoms with E-state index in [2.05, 4.69) is 19.2 Å². The zero-order valence-corrected chi connectivity index (χ0v) is 16.0. The quantitative estimate of drug-likeness (QED) is 0.834. The molecule has 1 aliphatic carbocycles. The topological polar surface area (TPSA) is 55.4 Å². The molecule has 0 fully saturated rings. The van der Waals surface area contributed by atoms with E-state index < -0.39 is 0 Å². The second kappa shape index (κ2) is 7.10. The van der Waals surface area contributed by atoms with Crippen LogP contribution in [0.3, 0.4) is 0 Å². The number of hydrogen-bond donors (Lipinski definition) is 1. The summed E-state index contributed by atoms with van der Waals surface area (Å²) in [6, 6.07) is 10.0. The molecule has 1 N–H and O–H groups in total. The Hall–Kier alpha value is -2.36. The normalized spacial score (nSPS) is 22.0. The molecule has 0 radical (unpaired) electrons. The van der Waals surface area contributed by atoms with Gasteiger partial charge in [-0.05, 0) is 37.7 Å². The smallest absolute Gasteiger partial charge is 0.336 e. The van der Waals surface area contributed by atoms with E-state index in [1.54, 1.807) is 6.92 Å². The van der Waals surface area contributed by atoms with E-state index in [-0.39, 0.29) is 23.1 Å². The lowest BCUT2D eigenvalue weighted by Crippen LogP contribution is -2.40. The highest BCUT2D eigenvalue weighted by atomic mass is 16.5. The van der Waals surface area contributed by atoms with Crippen LogP contribution < -0.4 is 5.32 Å². The molecule has 1 aromatic rings. The average Bonchev–Trinajstić information content (AvgIpc) is 2.54. The number of allylic oxidation sites excluding steroid dienone is 3. The zero-order chi connectivity index (χ0) is 18.9. The molecule has 1 heterocycles. The molecule has 0 bridgehead atoms. The summed E-state index contributed by atoms with van der Waals surface area (Å²) in [4.78, 5) is 25.7. The van der Waals surface area contributed by atoms with E-state index in [9.17, 15) is 9.59 Å². The van der Waals surface area contributed by atoms with Crippen molar-refractivity contribution < 1.29 is 14.3 Å². The van der Waals surface area contributed by atoms with Crippen LogP contribution in [0.1, 0.15) is 46.1 Å². The van der Waals surface area contributed by atoms with Gasteiger partial charge in [0, 0.05) is 29.3 Å². The summed E-state index contributed by atoms with van der Waals surface area (Å²) in [6.45, 7) is 8.25. The Labute approximate surface area is 155 Å². The third-order valence-corrected chi connectivity index (χ3v) is 5.14. The molecule has 138 valence electrons. The Morgan fingerprint density at radius 3 is 2.58 bits per heavy atom. The van der Waals surface area contributed by atoms with Gasteiger partial charge in [0.1, 0.15) is 0 Å². The van der Waals surface area contributed by atoms with Crippen molar-refractivity contribution >= 4 is 11.8 Å². The van der Waals surface area contributed by atoms with Crippen LogP contribution in [-0.4, -0.2) is 18.4 Å². The van der Waals surface area contributed by atoms with Gasteiger partial charge in [-0.1, -0.05) is 44.2 Å². The maximum Gasteiger partial charge on any atom is 0.336 e. The minimum Gasteiger partial charge on any atom is -0.463 e. The summed E-state index contributed by atoms with van der Waals surface area (Å²) in [5.74, 6) is -0.446. The monoisotopic (exact) mass is 353 g/mol. The first-order valence-corrected chi connectivity index (χ1v) is 9.27. The van der Waals surface area contributed by atoms with Gasteiger partial charge in [-0.2, -0.15) is 0 Å². The van der Waals surface area contributed by atoms with Gasteiger partial charge >= 0.3 is 5.97 Å². The van der Waals surface area contributed by atoms with E-state index in [0.717, 1.165) is 29.0 Å². The molecule has 1 atom stereocenters. The van der Waals surface area contributed by atoms with Gasteiger partial charge < -0.3 is 10.1 Å². The van der Waals surface area contributed by atoms with Crippen LogP contribution in [0.4, 0.5) is 0 Å². The van der Waals surface area contributed by atoms with Gasteiger partial charge in [-0.15, -0.1) is 0 Å². The van der Waals surface area contributed by atoms with Crippen molar-refractivity contribution in [1.82, 2.24) is 5.32 Å². The second-order valence-corrected chi connectivity index (χ2v) is 7.96. The van der Waals surface area contributed by atoms with Crippen LogP contribution >= 0.6 is 0 Å². The lowest BCUT2D eigenvalue weighted by atomic mass is 9.69. The van der Waals surface area contributed by atoms with Gasteiger partial charge in [-0.3, -0.25) is 4.79 Å². The Morgan fingerprint density at radius 1 is 1.23 bits per heavy atom. The molecule has 0 amide bonds. The number of carbonyl (C=O) groups is 2. The molecule has 4 nitrogen and oxygen atoms in total. The summed E-state index contributed by atoms with van der Waals surface area (Å²) in [7, 11) is 0. The van der Waals surface area contributed by atoms with Crippen molar-refractivity contribution in [3.05, 3.63) is 58.4 Å². The molecular weight excluding hydrogens is 326 g/mol. The van der Waals surface area contributed by atoms with Gasteiger partial charge in [0.2, 0.25) is 0 Å². The minimum absolute atomic E-state index is 0.0675. The van der Waals surface area contributed by atoms with Crippen LogP contribution in [0.2, 0.25) is 0 Å². The van der Waals surface area contributed by atoms with Gasteiger partial charge in [-0.25, -0.2) is 4.79 Å². The lowest BCUT2D eigenvalue weighted by Gasteiger charge is -2.39. The second-order valence-electron chi connectivity index (χ2n) is 7.96. The number of ketones is 1. The first kappa shape index (κ1) is 18.4. The highest BCUT2D eigenvalue weighted by Gasteiger charge is 2.42. The van der Waals surface area contributed by atoms with Crippen LogP contribution in [0.5, 0.6) is 0 Å². The molecule has 3 rings (SSSR count). The van der Waals surface area contributed by atoms with Crippen molar-refractivity contribution in [1.29, 1.82) is 0 Å². The zero-order valence-electron chi connectivity index (χ0n) is 16.0. The molecule has 1 aromatic carbocycles. The summed E-state index contributed by atoms with van der Waals surface area (Å²) < 4.78 is 5.30. The van der Waals surface area contributed by atoms with E-state index in [4.69, 9.17) is 4.74 Å². The largest absolute Gasteiger partial charge is 0.463 e. The van der Waals surface area contributed by atoms with Crippen molar-refractivity contribution in [2.24, 2.45) is 11.3 Å². The van der Waals surface area contributed by atoms with Gasteiger partial charge in [0.25, 0.3) is 0 Å². The van der Waals surface area contributed by atoms with Crippen molar-refractivity contribution in [3.8, 4) is 0 Å². The fourth-order valence-corrected chi connectivity index (χ4v) is 4.11. The number of benzene rings is 1. The van der Waals surface area contributed by atoms with E-state index in [0.29, 0.717) is 25.0 Å². The average molecular weight is 353 g/mol. The standard InChI is InChI=1S/C22H27NO3/c1-5-26-21(25)19-14(2)23-17-12-22(3,4)13-18(24)20(17)16(19)11-15-9-7-6-8-10-15/h6-10,16,23H,5,11-13H2,1-4H3/t16-/m0/s1. The van der Waals surface area contributed by atoms with Crippen LogP contribution in [0.15, 0.2) is 52.9 Å². The molecule has 0 saturated heterocycles. The highest BCUT2D eigenvalue weighted by molar-refractivity contribution is 6.02. The highest BCUT2D eigenvalue weighted by Crippen LogP contribution is 2.43. The fraction of sp³-hybridized carbons (Fsp3) is 0.455. The molecule has 2 aliphatic rings. The molecule has 0 aromatic heterocycles. The molecule has 0 saturated carbocycles. The van der Waals surface area contributed by atoms with Crippen molar-refractivity contribution in [2.45, 2.75) is 47.0 Å². The third-order valence-electron chi connectivity index (χ3n) is 5.14. The number of Topliss-reactive ketones (excluding diaryl/α,β-unsaturated/α-hetero) is 1. The van der Waals surface area contributed by atoms with Gasteiger partial charge in [0.15, 0.2) is 5.78 Å². The Kier molecular flexibility index (Phi) is 5.03. The SMILES string of the molecule is CCOC(=O)C1=C(C)NC2=C(C(=O)CC(C)(C)C2)[C@H]1Cc1ccccc1. The molecule has 0 unspecified atom stereocenters. The summed E-state index contributed by atoms with van der Waals surface area (Å²) in [6.07, 6.45) is 1.94. The maximum atomic E-state index is 13.0. The van der Waals surface area contributed by atoms with Crippen LogP contribution in [-0.2, 0) is 20.7 Å². The van der Waals surface area contributed by atoms with E-state index in [1.165, 1.54) is 0 Å². The molecular formula is C22H27NO3. The Morgan fingerprint density at radius 2 is 1.92 bits per heavy atom. The predicted octanol–water partition coefficient (Wildman–Crippen LogP) is 3.93. The van der Waals surface area contributed by atoms with Gasteiger partial charge in [0.05, 0.1) is 12.2 Å². The van der Waals surface area contributed by atoms with Crippen LogP contribution in [0, 0.1) is 11.3 Å². The summed E-state index contributed by atoms with van der Waals surface area (Å²) >= 11 is 0. The number of nitrogens with one attached hydrogen (secondary N) is 1. The lowest BCUT2D eigenvalue weighted by molar-refractivity contribution is -0.139. The number of esters is 1. The number of carbonyl (C=O) groups excluding carboxylic acids is 2. The van der Waals surface area contributed by atoms with E-state index in [1.807, 2.05) is 37.3 Å². The number of ether oxygens (including phenoxy) is 1. The fourth-order valence-electron chi connectivity index (χ4n) is 4.11. The summed E-state index contributed by atoms with van der Waals surface area (Å²) in [5.41, 5.74) is 4.16. The van der Waals surface area contributed by atoms with Crippen molar-refractivity contribution in [3.63, 3.8) is 0 Å². The number of dihydropyridines is 1. The maximum absolute atomic E-state index is 13.0. The third kappa shape index (κ3) is 3.59. The molecule has 0 spiro atoms. The molecule has 1 aliphatic heterocycles. The van der Waals surface area contributed by atoms with Crippen molar-refractivity contribution in [2.75, 3.05) is 6.61 Å². The van der Waals surface area contributed by atoms with Crippen LogP contribution in [0.25, 0.3) is 0 Å². The molecule has 4 heteroatoms. The molecule has 26 heavy (non-hydrogen) atoms.